The van der Waals surface area contributed by atoms with Crippen LogP contribution >= 0.6 is 31.9 Å². The van der Waals surface area contributed by atoms with E-state index >= 15 is 0 Å². The first kappa shape index (κ1) is 33.2. The molecule has 0 saturated carbocycles. The minimum Gasteiger partial charge on any atom is -0.465 e. The maximum absolute atomic E-state index is 12.1. The monoisotopic (exact) mass is 802 g/mol. The summed E-state index contributed by atoms with van der Waals surface area (Å²) in [7, 11) is -8.94. The molecule has 0 radical (unpaired) electrons. The van der Waals surface area contributed by atoms with Crippen LogP contribution in [-0.2, 0) is 20.2 Å². The third kappa shape index (κ3) is 7.74. The van der Waals surface area contributed by atoms with Crippen LogP contribution in [0, 0.1) is 0 Å². The van der Waals surface area contributed by atoms with Gasteiger partial charge in [0.2, 0.25) is 5.88 Å². The molecule has 0 spiro atoms. The molecule has 4 aromatic carbocycles. The summed E-state index contributed by atoms with van der Waals surface area (Å²) in [6.07, 6.45) is 2.80. The third-order valence-corrected chi connectivity index (χ3v) is 9.82. The standard InChI is InChI=1S/C33H28Br2N2O8S2/c1-2-21(15-32-36(19-46(38,39)40)28-17-24(7-13-30(28)44-32)22-3-9-26(34)10-4-22)16-33-37(20-47(41,42)43)29-18-25(8-14-31(29)45-33)23-5-11-27(35)12-6-23/h3-18,32H,2,19-20H2,1H3,(H,38,39,40)(H,41,42,43)/b21-15-,33-16+. The van der Waals surface area contributed by atoms with Crippen LogP contribution in [0.1, 0.15) is 13.3 Å². The zero-order valence-corrected chi connectivity index (χ0v) is 29.6. The van der Waals surface area contributed by atoms with Gasteiger partial charge in [-0.05, 0) is 88.9 Å². The zero-order chi connectivity index (χ0) is 33.5. The zero-order valence-electron chi connectivity index (χ0n) is 24.7. The first-order valence-electron chi connectivity index (χ1n) is 14.3. The molecule has 4 aromatic rings. The Labute approximate surface area is 289 Å². The average molecular weight is 805 g/mol. The molecule has 2 N–H and O–H groups in total. The van der Waals surface area contributed by atoms with Gasteiger partial charge < -0.3 is 14.4 Å². The van der Waals surface area contributed by atoms with Crippen molar-refractivity contribution in [2.24, 2.45) is 0 Å². The van der Waals surface area contributed by atoms with E-state index in [1.54, 1.807) is 36.4 Å². The van der Waals surface area contributed by atoms with Crippen LogP contribution in [0.15, 0.2) is 117 Å². The lowest BCUT2D eigenvalue weighted by atomic mass is 10.0. The molecule has 1 atom stereocenters. The van der Waals surface area contributed by atoms with Gasteiger partial charge in [0.1, 0.15) is 11.6 Å². The molecule has 0 fully saturated rings. The summed E-state index contributed by atoms with van der Waals surface area (Å²) in [6.45, 7) is 1.87. The predicted molar refractivity (Wildman–Crippen MR) is 188 cm³/mol. The number of hydrogen-bond acceptors (Lipinski definition) is 8. The Morgan fingerprint density at radius 2 is 1.26 bits per heavy atom. The summed E-state index contributed by atoms with van der Waals surface area (Å²) < 4.78 is 82.3. The van der Waals surface area contributed by atoms with Gasteiger partial charge in [0.05, 0.1) is 11.4 Å². The smallest absolute Gasteiger partial charge is 0.283 e. The van der Waals surface area contributed by atoms with E-state index in [0.29, 0.717) is 34.9 Å². The Bertz CT molecular complexity index is 2120. The van der Waals surface area contributed by atoms with Gasteiger partial charge in [-0.3, -0.25) is 14.0 Å². The number of ether oxygens (including phenoxy) is 2. The Kier molecular flexibility index (Phi) is 9.26. The van der Waals surface area contributed by atoms with E-state index in [1.807, 2.05) is 67.6 Å². The second-order valence-electron chi connectivity index (χ2n) is 10.9. The van der Waals surface area contributed by atoms with Crippen molar-refractivity contribution in [3.05, 3.63) is 117 Å². The fourth-order valence-corrected chi connectivity index (χ4v) is 7.13. The van der Waals surface area contributed by atoms with Crippen molar-refractivity contribution < 1.29 is 35.4 Å². The molecule has 2 aliphatic rings. The Morgan fingerprint density at radius 1 is 0.745 bits per heavy atom. The first-order valence-corrected chi connectivity index (χ1v) is 19.1. The largest absolute Gasteiger partial charge is 0.465 e. The summed E-state index contributed by atoms with van der Waals surface area (Å²) in [5.74, 6) is -0.515. The SMILES string of the molecule is CCC(=C/C1Oc2ccc(-c3ccc(Br)cc3)cc2N1CS(=O)(=O)O)/C=C1/Oc2ccc(-c3ccc(Br)cc3)cc2N1CS(=O)(=O)O. The molecule has 14 heteroatoms. The summed E-state index contributed by atoms with van der Waals surface area (Å²) in [4.78, 5) is 2.80. The quantitative estimate of drug-likeness (QED) is 0.161. The summed E-state index contributed by atoms with van der Waals surface area (Å²) in [5, 5.41) is 0. The van der Waals surface area contributed by atoms with Crippen molar-refractivity contribution in [1.29, 1.82) is 0 Å². The van der Waals surface area contributed by atoms with Crippen LogP contribution in [0.3, 0.4) is 0 Å². The van der Waals surface area contributed by atoms with Crippen molar-refractivity contribution in [2.45, 2.75) is 19.6 Å². The van der Waals surface area contributed by atoms with Gasteiger partial charge in [0.25, 0.3) is 20.2 Å². The molecular formula is C33H28Br2N2O8S2. The van der Waals surface area contributed by atoms with E-state index < -0.39 is 38.2 Å². The molecule has 10 nitrogen and oxygen atoms in total. The van der Waals surface area contributed by atoms with E-state index in [1.165, 1.54) is 9.80 Å². The van der Waals surface area contributed by atoms with E-state index in [9.17, 15) is 25.9 Å². The molecule has 0 bridgehead atoms. The number of benzene rings is 4. The van der Waals surface area contributed by atoms with Gasteiger partial charge in [0.15, 0.2) is 17.9 Å². The van der Waals surface area contributed by atoms with E-state index in [0.717, 1.165) is 31.2 Å². The van der Waals surface area contributed by atoms with E-state index in [4.69, 9.17) is 9.47 Å². The second-order valence-corrected chi connectivity index (χ2v) is 15.6. The number of halogens is 2. The van der Waals surface area contributed by atoms with Crippen molar-refractivity contribution in [2.75, 3.05) is 21.6 Å². The highest BCUT2D eigenvalue weighted by Crippen LogP contribution is 2.44. The van der Waals surface area contributed by atoms with Gasteiger partial charge in [-0.2, -0.15) is 16.8 Å². The molecule has 244 valence electrons. The Morgan fingerprint density at radius 3 is 1.79 bits per heavy atom. The van der Waals surface area contributed by atoms with E-state index in [-0.39, 0.29) is 5.88 Å². The lowest BCUT2D eigenvalue weighted by Crippen LogP contribution is -2.37. The highest BCUT2D eigenvalue weighted by molar-refractivity contribution is 9.10. The molecule has 0 aliphatic carbocycles. The number of anilines is 2. The third-order valence-electron chi connectivity index (χ3n) is 7.58. The number of nitrogens with zero attached hydrogens (tertiary/aromatic N) is 2. The summed E-state index contributed by atoms with van der Waals surface area (Å²) >= 11 is 6.86. The molecule has 2 aliphatic heterocycles. The highest BCUT2D eigenvalue weighted by Gasteiger charge is 2.34. The second kappa shape index (κ2) is 13.1. The van der Waals surface area contributed by atoms with Crippen LogP contribution in [0.25, 0.3) is 22.3 Å². The van der Waals surface area contributed by atoms with Gasteiger partial charge in [-0.15, -0.1) is 0 Å². The fourth-order valence-electron chi connectivity index (χ4n) is 5.37. The lowest BCUT2D eigenvalue weighted by molar-refractivity contribution is 0.275. The van der Waals surface area contributed by atoms with Crippen molar-refractivity contribution >= 4 is 63.5 Å². The predicted octanol–water partition coefficient (Wildman–Crippen LogP) is 7.84. The molecule has 6 rings (SSSR count). The van der Waals surface area contributed by atoms with Crippen LogP contribution in [0.2, 0.25) is 0 Å². The van der Waals surface area contributed by atoms with E-state index in [2.05, 4.69) is 31.9 Å². The van der Waals surface area contributed by atoms with Crippen LogP contribution < -0.4 is 19.3 Å². The molecule has 0 amide bonds. The summed E-state index contributed by atoms with van der Waals surface area (Å²) in [6, 6.07) is 26.1. The van der Waals surface area contributed by atoms with Gasteiger partial charge in [-0.25, -0.2) is 0 Å². The number of rotatable bonds is 9. The number of allylic oxidation sites excluding steroid dienone is 2. The van der Waals surface area contributed by atoms with Crippen molar-refractivity contribution in [1.82, 2.24) is 0 Å². The highest BCUT2D eigenvalue weighted by atomic mass is 79.9. The minimum atomic E-state index is -4.48. The maximum Gasteiger partial charge on any atom is 0.283 e. The summed E-state index contributed by atoms with van der Waals surface area (Å²) in [5.41, 5.74) is 4.98. The number of fused-ring (bicyclic) bond motifs is 2. The minimum absolute atomic E-state index is 0.146. The van der Waals surface area contributed by atoms with Gasteiger partial charge in [-0.1, -0.05) is 75.2 Å². The van der Waals surface area contributed by atoms with Crippen LogP contribution in [0.4, 0.5) is 11.4 Å². The number of hydrogen-bond donors (Lipinski definition) is 2. The van der Waals surface area contributed by atoms with Crippen molar-refractivity contribution in [3.63, 3.8) is 0 Å². The molecule has 0 saturated heterocycles. The van der Waals surface area contributed by atoms with Crippen molar-refractivity contribution in [3.8, 4) is 33.8 Å². The Hall–Kier alpha value is -3.66. The molecule has 2 heterocycles. The lowest BCUT2D eigenvalue weighted by Gasteiger charge is -2.22. The molecule has 0 aromatic heterocycles. The average Bonchev–Trinajstić information content (AvgIpc) is 3.51. The molecule has 1 unspecified atom stereocenters. The molecule has 47 heavy (non-hydrogen) atoms. The molecular weight excluding hydrogens is 776 g/mol. The van der Waals surface area contributed by atoms with Gasteiger partial charge >= 0.3 is 0 Å². The topological polar surface area (TPSA) is 134 Å². The Balaban J connectivity index is 1.36. The van der Waals surface area contributed by atoms with Crippen LogP contribution in [0.5, 0.6) is 11.5 Å². The first-order chi connectivity index (χ1) is 22.3. The normalized spacial score (nSPS) is 17.0. The van der Waals surface area contributed by atoms with Crippen LogP contribution in [-0.4, -0.2) is 43.9 Å². The van der Waals surface area contributed by atoms with Gasteiger partial charge in [0, 0.05) is 15.0 Å². The maximum atomic E-state index is 12.1. The fraction of sp³-hybridized carbons (Fsp3) is 0.152.